The molecule has 2 aliphatic rings. The highest BCUT2D eigenvalue weighted by Gasteiger charge is 2.23. The molecule has 1 fully saturated rings. The second-order valence-corrected chi connectivity index (χ2v) is 5.71. The lowest BCUT2D eigenvalue weighted by Gasteiger charge is -2.19. The molecule has 2 amide bonds. The maximum Gasteiger partial charge on any atom is 0.315 e. The molecular weight excluding hydrogens is 287 g/mol. The Morgan fingerprint density at radius 1 is 1.27 bits per heavy atom. The molecule has 5 nitrogen and oxygen atoms in total. The summed E-state index contributed by atoms with van der Waals surface area (Å²) in [5.41, 5.74) is 0.699. The first kappa shape index (κ1) is 15.1. The molecule has 1 aromatic carbocycles. The molecule has 0 saturated carbocycles. The van der Waals surface area contributed by atoms with E-state index in [2.05, 4.69) is 10.6 Å². The van der Waals surface area contributed by atoms with E-state index in [1.165, 1.54) is 12.1 Å². The van der Waals surface area contributed by atoms with E-state index >= 15 is 0 Å². The van der Waals surface area contributed by atoms with Crippen LogP contribution in [0.3, 0.4) is 0 Å². The number of hydrogen-bond donors (Lipinski definition) is 2. The first-order valence-corrected chi connectivity index (χ1v) is 7.80. The van der Waals surface area contributed by atoms with E-state index in [1.807, 2.05) is 0 Å². The summed E-state index contributed by atoms with van der Waals surface area (Å²) >= 11 is 0. The van der Waals surface area contributed by atoms with Gasteiger partial charge in [0.2, 0.25) is 0 Å². The molecule has 0 aromatic heterocycles. The van der Waals surface area contributed by atoms with Gasteiger partial charge in [-0.3, -0.25) is 0 Å². The molecule has 2 N–H and O–H groups in total. The highest BCUT2D eigenvalue weighted by molar-refractivity contribution is 5.74. The van der Waals surface area contributed by atoms with Crippen molar-refractivity contribution >= 4 is 6.03 Å². The predicted octanol–water partition coefficient (Wildman–Crippen LogP) is 2.52. The van der Waals surface area contributed by atoms with Gasteiger partial charge in [0.1, 0.15) is 11.6 Å². The Labute approximate surface area is 129 Å². The van der Waals surface area contributed by atoms with E-state index in [9.17, 15) is 9.18 Å². The smallest absolute Gasteiger partial charge is 0.315 e. The molecule has 2 aliphatic heterocycles. The fourth-order valence-corrected chi connectivity index (χ4v) is 2.92. The Morgan fingerprint density at radius 3 is 2.95 bits per heavy atom. The molecule has 0 spiro atoms. The lowest BCUT2D eigenvalue weighted by atomic mass is 10.0. The Hall–Kier alpha value is -1.82. The molecule has 0 radical (unpaired) electrons. The van der Waals surface area contributed by atoms with Gasteiger partial charge in [0.15, 0.2) is 0 Å². The third kappa shape index (κ3) is 3.68. The Kier molecular flexibility index (Phi) is 4.77. The van der Waals surface area contributed by atoms with Crippen LogP contribution in [-0.4, -0.2) is 31.9 Å². The average Bonchev–Trinajstić information content (AvgIpc) is 2.95. The summed E-state index contributed by atoms with van der Waals surface area (Å²) in [6.07, 6.45) is 3.66. The normalized spacial score (nSPS) is 24.0. The van der Waals surface area contributed by atoms with Gasteiger partial charge >= 0.3 is 6.03 Å². The number of fused-ring (bicyclic) bond motifs is 1. The maximum atomic E-state index is 13.5. The van der Waals surface area contributed by atoms with E-state index in [1.54, 1.807) is 6.07 Å². The minimum Gasteiger partial charge on any atom is -0.493 e. The van der Waals surface area contributed by atoms with Crippen molar-refractivity contribution in [3.8, 4) is 5.75 Å². The van der Waals surface area contributed by atoms with Crippen molar-refractivity contribution < 1.29 is 18.7 Å². The number of carbonyl (C=O) groups excluding carboxylic acids is 1. The van der Waals surface area contributed by atoms with Crippen molar-refractivity contribution in [1.29, 1.82) is 0 Å². The minimum atomic E-state index is -0.323. The molecule has 6 heteroatoms. The number of hydrogen-bond acceptors (Lipinski definition) is 3. The molecule has 2 atom stereocenters. The van der Waals surface area contributed by atoms with Crippen LogP contribution in [0.25, 0.3) is 0 Å². The van der Waals surface area contributed by atoms with Crippen molar-refractivity contribution in [2.45, 2.75) is 37.8 Å². The van der Waals surface area contributed by atoms with Crippen LogP contribution in [0.15, 0.2) is 18.2 Å². The summed E-state index contributed by atoms with van der Waals surface area (Å²) < 4.78 is 24.6. The van der Waals surface area contributed by atoms with Crippen molar-refractivity contribution in [3.05, 3.63) is 29.6 Å². The minimum absolute atomic E-state index is 0.105. The van der Waals surface area contributed by atoms with Crippen molar-refractivity contribution in [2.75, 3.05) is 19.8 Å². The zero-order chi connectivity index (χ0) is 15.4. The van der Waals surface area contributed by atoms with Gasteiger partial charge in [-0.25, -0.2) is 9.18 Å². The number of carbonyl (C=O) groups is 1. The molecule has 3 rings (SSSR count). The lowest BCUT2D eigenvalue weighted by Crippen LogP contribution is -2.41. The second-order valence-electron chi connectivity index (χ2n) is 5.71. The third-order valence-corrected chi connectivity index (χ3v) is 4.06. The zero-order valence-corrected chi connectivity index (χ0v) is 12.4. The number of ether oxygens (including phenoxy) is 2. The van der Waals surface area contributed by atoms with Crippen molar-refractivity contribution in [3.63, 3.8) is 0 Å². The average molecular weight is 308 g/mol. The molecule has 1 aromatic rings. The van der Waals surface area contributed by atoms with Gasteiger partial charge in [0, 0.05) is 18.7 Å². The Morgan fingerprint density at radius 2 is 2.14 bits per heavy atom. The van der Waals surface area contributed by atoms with Crippen LogP contribution in [0.1, 0.15) is 37.3 Å². The van der Waals surface area contributed by atoms with Gasteiger partial charge in [-0.1, -0.05) is 0 Å². The molecule has 2 heterocycles. The molecule has 22 heavy (non-hydrogen) atoms. The quantitative estimate of drug-likeness (QED) is 0.902. The summed E-state index contributed by atoms with van der Waals surface area (Å²) in [5.74, 6) is 0.319. The topological polar surface area (TPSA) is 59.6 Å². The SMILES string of the molecule is O=C(NC[C@@H]1CCCO1)N[C@H]1CCCOc2ccc(F)cc21. The fourth-order valence-electron chi connectivity index (χ4n) is 2.92. The fraction of sp³-hybridized carbons (Fsp3) is 0.562. The van der Waals surface area contributed by atoms with Crippen LogP contribution in [-0.2, 0) is 4.74 Å². The molecule has 1 saturated heterocycles. The summed E-state index contributed by atoms with van der Waals surface area (Å²) in [7, 11) is 0. The van der Waals surface area contributed by atoms with Gasteiger partial charge in [-0.2, -0.15) is 0 Å². The Bertz CT molecular complexity index is 532. The van der Waals surface area contributed by atoms with Gasteiger partial charge in [-0.05, 0) is 43.9 Å². The monoisotopic (exact) mass is 308 g/mol. The summed E-state index contributed by atoms with van der Waals surface area (Å²) in [5, 5.41) is 5.74. The largest absolute Gasteiger partial charge is 0.493 e. The van der Waals surface area contributed by atoms with Crippen LogP contribution in [0.5, 0.6) is 5.75 Å². The summed E-state index contributed by atoms with van der Waals surface area (Å²) in [6, 6.07) is 3.94. The predicted molar refractivity (Wildman–Crippen MR) is 79.4 cm³/mol. The second kappa shape index (κ2) is 6.96. The van der Waals surface area contributed by atoms with Gasteiger partial charge in [0.05, 0.1) is 18.8 Å². The third-order valence-electron chi connectivity index (χ3n) is 4.06. The molecular formula is C16H21FN2O3. The highest BCUT2D eigenvalue weighted by atomic mass is 19.1. The van der Waals surface area contributed by atoms with E-state index < -0.39 is 0 Å². The summed E-state index contributed by atoms with van der Waals surface area (Å²) in [6.45, 7) is 1.85. The molecule has 0 aliphatic carbocycles. The van der Waals surface area contributed by atoms with Crippen LogP contribution < -0.4 is 15.4 Å². The number of rotatable bonds is 3. The Balaban J connectivity index is 1.61. The summed E-state index contributed by atoms with van der Waals surface area (Å²) in [4.78, 5) is 12.1. The number of amides is 2. The number of nitrogens with one attached hydrogen (secondary N) is 2. The zero-order valence-electron chi connectivity index (χ0n) is 12.4. The lowest BCUT2D eigenvalue weighted by molar-refractivity contribution is 0.111. The van der Waals surface area contributed by atoms with E-state index in [4.69, 9.17) is 9.47 Å². The van der Waals surface area contributed by atoms with Gasteiger partial charge in [-0.15, -0.1) is 0 Å². The van der Waals surface area contributed by atoms with Crippen molar-refractivity contribution in [2.24, 2.45) is 0 Å². The molecule has 0 unspecified atom stereocenters. The van der Waals surface area contributed by atoms with Gasteiger partial charge < -0.3 is 20.1 Å². The van der Waals surface area contributed by atoms with E-state index in [-0.39, 0.29) is 24.0 Å². The first-order valence-electron chi connectivity index (χ1n) is 7.80. The maximum absolute atomic E-state index is 13.5. The van der Waals surface area contributed by atoms with E-state index in [0.717, 1.165) is 32.3 Å². The van der Waals surface area contributed by atoms with Crippen LogP contribution in [0, 0.1) is 5.82 Å². The number of benzene rings is 1. The first-order chi connectivity index (χ1) is 10.7. The van der Waals surface area contributed by atoms with Gasteiger partial charge in [0.25, 0.3) is 0 Å². The highest BCUT2D eigenvalue weighted by Crippen LogP contribution is 2.31. The van der Waals surface area contributed by atoms with Crippen molar-refractivity contribution in [1.82, 2.24) is 10.6 Å². The molecule has 0 bridgehead atoms. The van der Waals surface area contributed by atoms with E-state index in [0.29, 0.717) is 24.5 Å². The molecule has 120 valence electrons. The number of urea groups is 1. The standard InChI is InChI=1S/C16H21FN2O3/c17-11-5-6-15-13(9-11)14(4-2-8-22-15)19-16(20)18-10-12-3-1-7-21-12/h5-6,9,12,14H,1-4,7-8,10H2,(H2,18,19,20)/t12-,14-/m0/s1. The van der Waals surface area contributed by atoms with Crippen LogP contribution >= 0.6 is 0 Å². The van der Waals surface area contributed by atoms with Crippen LogP contribution in [0.4, 0.5) is 9.18 Å². The van der Waals surface area contributed by atoms with Crippen LogP contribution in [0.2, 0.25) is 0 Å². The number of halogens is 1.